The minimum atomic E-state index is -1.29. The molecule has 8 heteroatoms. The number of hydrogen-bond acceptors (Lipinski definition) is 8. The quantitative estimate of drug-likeness (QED) is 0.643. The molecule has 1 aromatic carbocycles. The number of phenolic OH excluding ortho intramolecular Hbond substituents is 1. The first-order valence-corrected chi connectivity index (χ1v) is 8.70. The van der Waals surface area contributed by atoms with Crippen molar-refractivity contribution in [3.63, 3.8) is 0 Å². The molecule has 3 fully saturated rings. The number of esters is 2. The third-order valence-corrected chi connectivity index (χ3v) is 5.59. The van der Waals surface area contributed by atoms with Crippen molar-refractivity contribution in [3.05, 3.63) is 23.8 Å². The monoisotopic (exact) mass is 376 g/mol. The van der Waals surface area contributed by atoms with Crippen LogP contribution in [0.5, 0.6) is 11.5 Å². The standard InChI is InChI=1S/C16H14O7.C3H6O/c17-8-1-2-9-10(3-8)21-7-14(20)6-15-4-11(18)23-16(15,13(9)14)5-12(19)22-15;1-3(2)4/h1-3,13,17,20H,4-7H2;1-2H3/t13-,14-,15-,16-;/m1./s1. The highest BCUT2D eigenvalue weighted by Gasteiger charge is 2.82. The maximum Gasteiger partial charge on any atom is 0.310 e. The molecule has 0 bridgehead atoms. The first-order chi connectivity index (χ1) is 12.6. The Bertz CT molecular complexity index is 835. The van der Waals surface area contributed by atoms with Crippen LogP contribution in [0, 0.1) is 0 Å². The van der Waals surface area contributed by atoms with Gasteiger partial charge in [0, 0.05) is 18.1 Å². The topological polar surface area (TPSA) is 119 Å². The summed E-state index contributed by atoms with van der Waals surface area (Å²) < 4.78 is 16.7. The highest BCUT2D eigenvalue weighted by molar-refractivity contribution is 5.84. The molecule has 2 saturated heterocycles. The Morgan fingerprint density at radius 3 is 2.52 bits per heavy atom. The smallest absolute Gasteiger partial charge is 0.310 e. The van der Waals surface area contributed by atoms with Crippen LogP contribution in [0.15, 0.2) is 18.2 Å². The molecule has 3 heterocycles. The first kappa shape index (κ1) is 17.8. The maximum atomic E-state index is 11.9. The predicted octanol–water partition coefficient (Wildman–Crippen LogP) is 0.970. The number of phenols is 1. The first-order valence-electron chi connectivity index (χ1n) is 8.70. The van der Waals surface area contributed by atoms with E-state index < -0.39 is 34.7 Å². The number of aromatic hydroxyl groups is 1. The van der Waals surface area contributed by atoms with E-state index in [0.717, 1.165) is 0 Å². The lowest BCUT2D eigenvalue weighted by molar-refractivity contribution is -0.156. The van der Waals surface area contributed by atoms with Gasteiger partial charge < -0.3 is 29.2 Å². The van der Waals surface area contributed by atoms with Gasteiger partial charge in [-0.25, -0.2) is 0 Å². The molecule has 144 valence electrons. The minimum absolute atomic E-state index is 0.00722. The van der Waals surface area contributed by atoms with Crippen molar-refractivity contribution < 1.29 is 38.8 Å². The molecule has 3 aliphatic heterocycles. The van der Waals surface area contributed by atoms with Gasteiger partial charge in [-0.15, -0.1) is 0 Å². The van der Waals surface area contributed by atoms with Crippen LogP contribution in [0.1, 0.15) is 44.6 Å². The van der Waals surface area contributed by atoms with Crippen molar-refractivity contribution in [2.75, 3.05) is 6.61 Å². The van der Waals surface area contributed by atoms with E-state index in [9.17, 15) is 24.6 Å². The average molecular weight is 376 g/mol. The third kappa shape index (κ3) is 2.36. The van der Waals surface area contributed by atoms with Crippen LogP contribution in [0.3, 0.4) is 0 Å². The van der Waals surface area contributed by atoms with E-state index in [-0.39, 0.29) is 37.4 Å². The molecule has 0 spiro atoms. The maximum absolute atomic E-state index is 11.9. The van der Waals surface area contributed by atoms with Gasteiger partial charge >= 0.3 is 11.9 Å². The summed E-state index contributed by atoms with van der Waals surface area (Å²) in [6.07, 6.45) is -0.0283. The SMILES string of the molecule is CC(C)=O.O=C1C[C@]23OC(=O)C[C@]2(C[C@@]2(O)COc4cc(O)ccc4[C@H]23)O1. The number of fused-ring (bicyclic) bond motifs is 3. The van der Waals surface area contributed by atoms with E-state index in [4.69, 9.17) is 14.2 Å². The molecule has 0 unspecified atom stereocenters. The van der Waals surface area contributed by atoms with Crippen LogP contribution < -0.4 is 4.74 Å². The van der Waals surface area contributed by atoms with Crippen molar-refractivity contribution in [1.82, 2.24) is 0 Å². The van der Waals surface area contributed by atoms with E-state index in [1.807, 2.05) is 0 Å². The fraction of sp³-hybridized carbons (Fsp3) is 0.526. The molecule has 27 heavy (non-hydrogen) atoms. The fourth-order valence-electron chi connectivity index (χ4n) is 4.97. The summed E-state index contributed by atoms with van der Waals surface area (Å²) in [6.45, 7) is 3.05. The van der Waals surface area contributed by atoms with Crippen LogP contribution in [0.2, 0.25) is 0 Å². The summed E-state index contributed by atoms with van der Waals surface area (Å²) in [5.74, 6) is -0.847. The van der Waals surface area contributed by atoms with Gasteiger partial charge in [-0.3, -0.25) is 9.59 Å². The molecule has 0 amide bonds. The number of rotatable bonds is 0. The van der Waals surface area contributed by atoms with E-state index in [0.29, 0.717) is 11.3 Å². The van der Waals surface area contributed by atoms with Crippen LogP contribution >= 0.6 is 0 Å². The second kappa shape index (κ2) is 5.45. The van der Waals surface area contributed by atoms with Gasteiger partial charge in [-0.05, 0) is 19.9 Å². The average Bonchev–Trinajstić information content (AvgIpc) is 2.98. The summed E-state index contributed by atoms with van der Waals surface area (Å²) in [7, 11) is 0. The highest BCUT2D eigenvalue weighted by atomic mass is 16.6. The lowest BCUT2D eigenvalue weighted by Gasteiger charge is -2.41. The van der Waals surface area contributed by atoms with Crippen molar-refractivity contribution in [3.8, 4) is 11.5 Å². The molecule has 1 aromatic rings. The lowest BCUT2D eigenvalue weighted by atomic mass is 9.73. The Morgan fingerprint density at radius 1 is 1.15 bits per heavy atom. The molecule has 4 atom stereocenters. The Kier molecular flexibility index (Phi) is 3.59. The predicted molar refractivity (Wildman–Crippen MR) is 89.1 cm³/mol. The molecule has 0 radical (unpaired) electrons. The van der Waals surface area contributed by atoms with E-state index >= 15 is 0 Å². The number of carbonyl (C=O) groups excluding carboxylic acids is 3. The van der Waals surface area contributed by atoms with Gasteiger partial charge in [0.15, 0.2) is 11.2 Å². The molecule has 1 saturated carbocycles. The van der Waals surface area contributed by atoms with Crippen molar-refractivity contribution in [2.45, 2.75) is 55.8 Å². The lowest BCUT2D eigenvalue weighted by Crippen LogP contribution is -2.50. The fourth-order valence-corrected chi connectivity index (χ4v) is 4.97. The van der Waals surface area contributed by atoms with Gasteiger partial charge in [0.2, 0.25) is 0 Å². The van der Waals surface area contributed by atoms with Gasteiger partial charge in [-0.1, -0.05) is 6.07 Å². The molecule has 1 aliphatic carbocycles. The number of benzene rings is 1. The Hall–Kier alpha value is -2.61. The second-order valence-corrected chi connectivity index (χ2v) is 7.82. The molecular weight excluding hydrogens is 356 g/mol. The number of carbonyl (C=O) groups is 3. The largest absolute Gasteiger partial charge is 0.508 e. The zero-order valence-electron chi connectivity index (χ0n) is 15.0. The van der Waals surface area contributed by atoms with E-state index in [1.54, 1.807) is 6.07 Å². The Balaban J connectivity index is 0.000000413. The zero-order chi connectivity index (χ0) is 19.6. The van der Waals surface area contributed by atoms with Crippen molar-refractivity contribution >= 4 is 17.7 Å². The van der Waals surface area contributed by atoms with Crippen molar-refractivity contribution in [2.24, 2.45) is 0 Å². The highest BCUT2D eigenvalue weighted by Crippen LogP contribution is 2.68. The Morgan fingerprint density at radius 2 is 1.81 bits per heavy atom. The van der Waals surface area contributed by atoms with E-state index in [1.165, 1.54) is 26.0 Å². The zero-order valence-corrected chi connectivity index (χ0v) is 15.0. The summed E-state index contributed by atoms with van der Waals surface area (Å²) in [5, 5.41) is 20.8. The van der Waals surface area contributed by atoms with Gasteiger partial charge in [0.05, 0.1) is 18.8 Å². The summed E-state index contributed by atoms with van der Waals surface area (Å²) in [5.41, 5.74) is -3.01. The van der Waals surface area contributed by atoms with E-state index in [2.05, 4.69) is 0 Å². The van der Waals surface area contributed by atoms with Gasteiger partial charge in [-0.2, -0.15) is 0 Å². The number of Topliss-reactive ketones (excluding diaryl/α,β-unsaturated/α-hetero) is 1. The third-order valence-electron chi connectivity index (χ3n) is 5.59. The van der Waals surface area contributed by atoms with Crippen LogP contribution in [0.4, 0.5) is 0 Å². The summed E-state index contributed by atoms with van der Waals surface area (Å²) in [6, 6.07) is 4.58. The minimum Gasteiger partial charge on any atom is -0.508 e. The second-order valence-electron chi connectivity index (χ2n) is 7.82. The normalized spacial score (nSPS) is 37.5. The number of ether oxygens (including phenoxy) is 3. The number of ketones is 1. The molecule has 5 rings (SSSR count). The number of aliphatic hydroxyl groups is 1. The molecule has 2 N–H and O–H groups in total. The van der Waals surface area contributed by atoms with Crippen LogP contribution in [-0.4, -0.2) is 51.3 Å². The van der Waals surface area contributed by atoms with Crippen molar-refractivity contribution in [1.29, 1.82) is 0 Å². The molecule has 4 aliphatic rings. The molecular formula is C19H20O8. The number of hydrogen-bond donors (Lipinski definition) is 2. The molecule has 8 nitrogen and oxygen atoms in total. The van der Waals surface area contributed by atoms with Crippen LogP contribution in [0.25, 0.3) is 0 Å². The van der Waals surface area contributed by atoms with Gasteiger partial charge in [0.25, 0.3) is 0 Å². The summed E-state index contributed by atoms with van der Waals surface area (Å²) >= 11 is 0. The summed E-state index contributed by atoms with van der Waals surface area (Å²) in [4.78, 5) is 33.3. The van der Waals surface area contributed by atoms with Crippen LogP contribution in [-0.2, 0) is 23.9 Å². The van der Waals surface area contributed by atoms with Gasteiger partial charge in [0.1, 0.15) is 29.5 Å². The molecule has 0 aromatic heterocycles. The Labute approximate surface area is 155 Å².